The maximum absolute atomic E-state index is 13.2. The number of terminal acetylenes is 1. The molecule has 1 spiro atoms. The molecule has 1 amide bonds. The third-order valence-corrected chi connectivity index (χ3v) is 5.24. The predicted octanol–water partition coefficient (Wildman–Crippen LogP) is 2.64. The highest BCUT2D eigenvalue weighted by Gasteiger charge is 2.57. The molecular weight excluding hydrogens is 338 g/mol. The summed E-state index contributed by atoms with van der Waals surface area (Å²) in [6, 6.07) is 3.57. The van der Waals surface area contributed by atoms with Crippen LogP contribution in [-0.2, 0) is 14.3 Å². The van der Waals surface area contributed by atoms with E-state index in [1.165, 1.54) is 0 Å². The van der Waals surface area contributed by atoms with Crippen molar-refractivity contribution in [1.82, 2.24) is 5.32 Å². The van der Waals surface area contributed by atoms with Crippen molar-refractivity contribution in [1.29, 1.82) is 0 Å². The number of carbonyl (C=O) groups excluding carboxylic acids is 2. The molecule has 2 aliphatic rings. The van der Waals surface area contributed by atoms with Crippen LogP contribution in [-0.4, -0.2) is 23.3 Å². The Kier molecular flexibility index (Phi) is 4.50. The number of benzene rings is 1. The number of rotatable bonds is 2. The summed E-state index contributed by atoms with van der Waals surface area (Å²) >= 11 is 6.07. The molecule has 0 bridgehead atoms. The van der Waals surface area contributed by atoms with Gasteiger partial charge in [0.05, 0.1) is 0 Å². The van der Waals surface area contributed by atoms with E-state index in [1.54, 1.807) is 12.1 Å². The maximum atomic E-state index is 13.2. The van der Waals surface area contributed by atoms with Crippen LogP contribution in [0.4, 0.5) is 0 Å². The van der Waals surface area contributed by atoms with Gasteiger partial charge in [-0.05, 0) is 61.4 Å². The molecule has 3 rings (SSSR count). The zero-order valence-electron chi connectivity index (χ0n) is 14.1. The van der Waals surface area contributed by atoms with Crippen LogP contribution in [0.2, 0.25) is 5.02 Å². The number of hydrogen-bond acceptors (Lipinski definition) is 3. The van der Waals surface area contributed by atoms with Crippen molar-refractivity contribution in [2.75, 3.05) is 0 Å². The summed E-state index contributed by atoms with van der Waals surface area (Å²) in [5.74, 6) is 3.43. The van der Waals surface area contributed by atoms with Crippen LogP contribution in [0.1, 0.15) is 41.9 Å². The molecule has 1 saturated carbocycles. The van der Waals surface area contributed by atoms with Crippen LogP contribution in [0, 0.1) is 38.2 Å². The van der Waals surface area contributed by atoms with Gasteiger partial charge in [-0.25, -0.2) is 0 Å². The Bertz CT molecular complexity index is 835. The normalized spacial score (nSPS) is 27.6. The second-order valence-corrected chi connectivity index (χ2v) is 7.11. The summed E-state index contributed by atoms with van der Waals surface area (Å²) in [5.41, 5.74) is 1.57. The monoisotopic (exact) mass is 355 g/mol. The molecule has 25 heavy (non-hydrogen) atoms. The van der Waals surface area contributed by atoms with E-state index in [4.69, 9.17) is 22.8 Å². The van der Waals surface area contributed by atoms with Crippen molar-refractivity contribution in [2.45, 2.75) is 50.7 Å². The number of amides is 1. The number of hydrogen-bond donors (Lipinski definition) is 1. The minimum absolute atomic E-state index is 0.0953. The van der Waals surface area contributed by atoms with Gasteiger partial charge in [-0.15, -0.1) is 6.42 Å². The first-order valence-electron chi connectivity index (χ1n) is 8.12. The Morgan fingerprint density at radius 1 is 1.32 bits per heavy atom. The van der Waals surface area contributed by atoms with Gasteiger partial charge in [0.2, 0.25) is 5.91 Å². The number of halogens is 1. The van der Waals surface area contributed by atoms with E-state index in [1.807, 2.05) is 13.8 Å². The third kappa shape index (κ3) is 2.99. The van der Waals surface area contributed by atoms with E-state index in [0.717, 1.165) is 16.7 Å². The second-order valence-electron chi connectivity index (χ2n) is 6.68. The molecule has 1 aromatic carbocycles. The molecule has 128 valence electrons. The van der Waals surface area contributed by atoms with E-state index in [9.17, 15) is 9.59 Å². The van der Waals surface area contributed by atoms with E-state index in [0.29, 0.717) is 24.3 Å². The van der Waals surface area contributed by atoms with E-state index in [-0.39, 0.29) is 17.8 Å². The first-order chi connectivity index (χ1) is 11.9. The van der Waals surface area contributed by atoms with Gasteiger partial charge in [0, 0.05) is 17.4 Å². The average molecular weight is 356 g/mol. The molecule has 3 unspecified atom stereocenters. The Hall–Kier alpha value is -2.43. The summed E-state index contributed by atoms with van der Waals surface area (Å²) in [5, 5.41) is 3.52. The van der Waals surface area contributed by atoms with Crippen molar-refractivity contribution >= 4 is 23.3 Å². The topological polar surface area (TPSA) is 55.4 Å². The molecule has 1 N–H and O–H groups in total. The van der Waals surface area contributed by atoms with Crippen LogP contribution in [0.5, 0.6) is 0 Å². The summed E-state index contributed by atoms with van der Waals surface area (Å²) in [6.07, 6.45) is 8.92. The van der Waals surface area contributed by atoms with Gasteiger partial charge in [-0.3, -0.25) is 9.59 Å². The van der Waals surface area contributed by atoms with Crippen LogP contribution in [0.25, 0.3) is 0 Å². The number of nitrogens with one attached hydrogen (secondary N) is 1. The molecule has 0 radical (unpaired) electrons. The van der Waals surface area contributed by atoms with Gasteiger partial charge >= 0.3 is 0 Å². The van der Waals surface area contributed by atoms with Crippen molar-refractivity contribution in [3.8, 4) is 24.4 Å². The molecule has 0 aromatic heterocycles. The molecule has 1 aliphatic carbocycles. The largest absolute Gasteiger partial charge is 0.443 e. The number of carbonyl (C=O) groups is 2. The highest BCUT2D eigenvalue weighted by atomic mass is 35.5. The second kappa shape index (κ2) is 6.47. The zero-order chi connectivity index (χ0) is 18.2. The van der Waals surface area contributed by atoms with Gasteiger partial charge < -0.3 is 10.1 Å². The van der Waals surface area contributed by atoms with Gasteiger partial charge in [0.15, 0.2) is 5.78 Å². The Balaban J connectivity index is 1.88. The molecule has 2 fully saturated rings. The fourth-order valence-corrected chi connectivity index (χ4v) is 4.31. The van der Waals surface area contributed by atoms with Crippen LogP contribution in [0.3, 0.4) is 0 Å². The molecule has 1 heterocycles. The van der Waals surface area contributed by atoms with E-state index < -0.39 is 11.5 Å². The summed E-state index contributed by atoms with van der Waals surface area (Å²) in [7, 11) is 0. The zero-order valence-corrected chi connectivity index (χ0v) is 14.9. The van der Waals surface area contributed by atoms with Crippen LogP contribution < -0.4 is 5.32 Å². The van der Waals surface area contributed by atoms with Crippen molar-refractivity contribution in [2.24, 2.45) is 0 Å². The summed E-state index contributed by atoms with van der Waals surface area (Å²) < 4.78 is 5.39. The van der Waals surface area contributed by atoms with Crippen molar-refractivity contribution in [3.63, 3.8) is 0 Å². The molecule has 5 heteroatoms. The lowest BCUT2D eigenvalue weighted by atomic mass is 9.82. The van der Waals surface area contributed by atoms with E-state index in [2.05, 4.69) is 23.3 Å². The van der Waals surface area contributed by atoms with Crippen LogP contribution in [0.15, 0.2) is 12.1 Å². The highest BCUT2D eigenvalue weighted by Crippen LogP contribution is 2.42. The fourth-order valence-electron chi connectivity index (χ4n) is 3.98. The van der Waals surface area contributed by atoms with Gasteiger partial charge in [0.25, 0.3) is 0 Å². The third-order valence-electron chi connectivity index (χ3n) is 5.02. The lowest BCUT2D eigenvalue weighted by Crippen LogP contribution is -2.44. The van der Waals surface area contributed by atoms with Gasteiger partial charge in [0.1, 0.15) is 23.7 Å². The minimum Gasteiger partial charge on any atom is -0.443 e. The highest BCUT2D eigenvalue weighted by molar-refractivity contribution is 6.30. The number of Topliss-reactive ketones (excluding diaryl/α,β-unsaturated/α-hetero) is 1. The molecule has 1 aliphatic heterocycles. The maximum Gasteiger partial charge on any atom is 0.235 e. The van der Waals surface area contributed by atoms with E-state index >= 15 is 0 Å². The lowest BCUT2D eigenvalue weighted by molar-refractivity contribution is -0.125. The van der Waals surface area contributed by atoms with Gasteiger partial charge in [-0.2, -0.15) is 0 Å². The summed E-state index contributed by atoms with van der Waals surface area (Å²) in [6.45, 7) is 3.74. The molecule has 1 saturated heterocycles. The van der Waals surface area contributed by atoms with Crippen LogP contribution >= 0.6 is 11.6 Å². The summed E-state index contributed by atoms with van der Waals surface area (Å²) in [4.78, 5) is 25.8. The Morgan fingerprint density at radius 2 is 2.00 bits per heavy atom. The molecule has 1 aromatic rings. The first kappa shape index (κ1) is 17.4. The molecule has 4 nitrogen and oxygen atoms in total. The van der Waals surface area contributed by atoms with Crippen molar-refractivity contribution in [3.05, 3.63) is 33.8 Å². The smallest absolute Gasteiger partial charge is 0.235 e. The Morgan fingerprint density at radius 3 is 2.64 bits per heavy atom. The Labute approximate surface area is 152 Å². The minimum atomic E-state index is -0.872. The number of ether oxygens (including phenoxy) is 1. The number of aryl methyl sites for hydroxylation is 2. The number of ketones is 1. The standard InChI is InChI=1S/C20H18ClNO3/c1-4-5-8-25-15-6-7-20(11-15)18(23)17(19(24)22-20)16-12(2)9-14(21)10-13(16)3/h1,9-10,15,17H,6-7,11H2,2-3H3,(H,22,24). The SMILES string of the molecule is C#CC#COC1CCC2(C1)NC(=O)C(c1c(C)cc(Cl)cc1C)C2=O. The molecular formula is C20H18ClNO3. The quantitative estimate of drug-likeness (QED) is 0.655. The molecule has 3 atom stereocenters. The fraction of sp³-hybridized carbons (Fsp3) is 0.400. The lowest BCUT2D eigenvalue weighted by Gasteiger charge is -2.21. The predicted molar refractivity (Wildman–Crippen MR) is 94.9 cm³/mol. The first-order valence-corrected chi connectivity index (χ1v) is 8.50. The average Bonchev–Trinajstić information content (AvgIpc) is 3.03. The van der Waals surface area contributed by atoms with Gasteiger partial charge in [-0.1, -0.05) is 11.6 Å². The van der Waals surface area contributed by atoms with Crippen molar-refractivity contribution < 1.29 is 14.3 Å².